The van der Waals surface area contributed by atoms with Gasteiger partial charge in [-0.25, -0.2) is 9.97 Å². The third-order valence-electron chi connectivity index (χ3n) is 3.65. The Bertz CT molecular complexity index is 980. The Morgan fingerprint density at radius 3 is 2.80 bits per heavy atom. The van der Waals surface area contributed by atoms with Crippen LogP contribution in [0.15, 0.2) is 58.6 Å². The molecule has 0 aliphatic rings. The van der Waals surface area contributed by atoms with Crippen LogP contribution in [0.4, 0.5) is 5.95 Å². The summed E-state index contributed by atoms with van der Waals surface area (Å²) in [5.74, 6) is 1.97. The van der Waals surface area contributed by atoms with E-state index in [1.54, 1.807) is 17.5 Å². The van der Waals surface area contributed by atoms with Crippen molar-refractivity contribution in [3.63, 3.8) is 0 Å². The number of benzene rings is 1. The van der Waals surface area contributed by atoms with E-state index in [0.29, 0.717) is 23.9 Å². The zero-order valence-corrected chi connectivity index (χ0v) is 14.3. The molecule has 4 rings (SSSR count). The summed E-state index contributed by atoms with van der Waals surface area (Å²) >= 11 is 1.60. The lowest BCUT2D eigenvalue weighted by atomic mass is 10.1. The molecule has 25 heavy (non-hydrogen) atoms. The van der Waals surface area contributed by atoms with E-state index in [4.69, 9.17) is 4.42 Å². The Kier molecular flexibility index (Phi) is 4.22. The Morgan fingerprint density at radius 2 is 2.00 bits per heavy atom. The van der Waals surface area contributed by atoms with E-state index < -0.39 is 0 Å². The summed E-state index contributed by atoms with van der Waals surface area (Å²) < 4.78 is 5.59. The molecule has 0 amide bonds. The topological polar surface area (TPSA) is 76.7 Å². The number of rotatable bonds is 5. The Hall–Kier alpha value is -3.06. The maximum absolute atomic E-state index is 5.59. The number of aryl methyl sites for hydroxylation is 1. The number of nitrogens with zero attached hydrogens (tertiary/aromatic N) is 4. The van der Waals surface area contributed by atoms with Crippen LogP contribution in [0.3, 0.4) is 0 Å². The Morgan fingerprint density at radius 1 is 1.12 bits per heavy atom. The molecule has 0 spiro atoms. The van der Waals surface area contributed by atoms with Gasteiger partial charge in [0.25, 0.3) is 0 Å². The molecule has 0 atom stereocenters. The van der Waals surface area contributed by atoms with Crippen molar-refractivity contribution in [1.82, 2.24) is 20.2 Å². The molecule has 0 bridgehead atoms. The van der Waals surface area contributed by atoms with Crippen molar-refractivity contribution in [3.8, 4) is 22.7 Å². The number of hydrogen-bond acceptors (Lipinski definition) is 7. The highest BCUT2D eigenvalue weighted by Gasteiger charge is 2.10. The first-order chi connectivity index (χ1) is 12.3. The van der Waals surface area contributed by atoms with Crippen LogP contribution in [0.1, 0.15) is 10.6 Å². The van der Waals surface area contributed by atoms with Gasteiger partial charge in [-0.15, -0.1) is 16.4 Å². The van der Waals surface area contributed by atoms with Gasteiger partial charge in [0.1, 0.15) is 11.5 Å². The highest BCUT2D eigenvalue weighted by atomic mass is 32.1. The molecule has 3 heterocycles. The highest BCUT2D eigenvalue weighted by molar-refractivity contribution is 7.10. The number of hydrogen-bond donors (Lipinski definition) is 1. The Balaban J connectivity index is 1.52. The predicted octanol–water partition coefficient (Wildman–Crippen LogP) is 4.18. The van der Waals surface area contributed by atoms with E-state index in [1.807, 2.05) is 42.8 Å². The monoisotopic (exact) mass is 349 g/mol. The van der Waals surface area contributed by atoms with E-state index in [-0.39, 0.29) is 0 Å². The molecule has 0 saturated heterocycles. The normalized spacial score (nSPS) is 10.8. The highest BCUT2D eigenvalue weighted by Crippen LogP contribution is 2.26. The zero-order valence-electron chi connectivity index (χ0n) is 13.5. The summed E-state index contributed by atoms with van der Waals surface area (Å²) in [6, 6.07) is 13.9. The molecule has 0 radical (unpaired) electrons. The van der Waals surface area contributed by atoms with Gasteiger partial charge in [-0.05, 0) is 19.1 Å². The van der Waals surface area contributed by atoms with Crippen LogP contribution in [0.2, 0.25) is 0 Å². The molecular weight excluding hydrogens is 334 g/mol. The average Bonchev–Trinajstić information content (AvgIpc) is 3.30. The lowest BCUT2D eigenvalue weighted by Crippen LogP contribution is -2.05. The van der Waals surface area contributed by atoms with Gasteiger partial charge in [-0.3, -0.25) is 0 Å². The number of anilines is 1. The third kappa shape index (κ3) is 3.41. The maximum Gasteiger partial charge on any atom is 0.243 e. The lowest BCUT2D eigenvalue weighted by molar-refractivity contribution is 0.546. The van der Waals surface area contributed by atoms with Gasteiger partial charge >= 0.3 is 0 Å². The van der Waals surface area contributed by atoms with Gasteiger partial charge in [-0.2, -0.15) is 5.10 Å². The first-order valence-electron chi connectivity index (χ1n) is 7.78. The second kappa shape index (κ2) is 6.82. The third-order valence-corrected chi connectivity index (χ3v) is 4.48. The largest absolute Gasteiger partial charge is 0.460 e. The van der Waals surface area contributed by atoms with Crippen molar-refractivity contribution in [2.24, 2.45) is 0 Å². The first-order valence-corrected chi connectivity index (χ1v) is 8.66. The SMILES string of the molecule is Cc1ccc(-c2cnnc(NCc3scnc3-c3ccccc3)n2)o1. The van der Waals surface area contributed by atoms with E-state index in [2.05, 4.69) is 37.6 Å². The fraction of sp³-hybridized carbons (Fsp3) is 0.111. The molecule has 1 N–H and O–H groups in total. The first kappa shape index (κ1) is 15.5. The molecule has 0 aliphatic heterocycles. The summed E-state index contributed by atoms with van der Waals surface area (Å²) in [5.41, 5.74) is 4.57. The number of thiazole rings is 1. The summed E-state index contributed by atoms with van der Waals surface area (Å²) in [4.78, 5) is 10.1. The van der Waals surface area contributed by atoms with E-state index in [0.717, 1.165) is 21.9 Å². The molecule has 1 aromatic carbocycles. The fourth-order valence-corrected chi connectivity index (χ4v) is 3.18. The van der Waals surface area contributed by atoms with Crippen molar-refractivity contribution < 1.29 is 4.42 Å². The van der Waals surface area contributed by atoms with E-state index >= 15 is 0 Å². The summed E-state index contributed by atoms with van der Waals surface area (Å²) in [6.45, 7) is 2.48. The molecule has 3 aromatic heterocycles. The predicted molar refractivity (Wildman–Crippen MR) is 97.1 cm³/mol. The minimum atomic E-state index is 0.457. The van der Waals surface area contributed by atoms with Crippen LogP contribution in [-0.2, 0) is 6.54 Å². The Labute approximate surface area is 148 Å². The summed E-state index contributed by atoms with van der Waals surface area (Å²) in [6.07, 6.45) is 1.59. The van der Waals surface area contributed by atoms with Gasteiger partial charge in [0, 0.05) is 5.56 Å². The molecule has 6 nitrogen and oxygen atoms in total. The van der Waals surface area contributed by atoms with Crippen LogP contribution in [0.5, 0.6) is 0 Å². The summed E-state index contributed by atoms with van der Waals surface area (Å²) in [5, 5.41) is 11.3. The van der Waals surface area contributed by atoms with Crippen LogP contribution in [-0.4, -0.2) is 20.2 Å². The number of aromatic nitrogens is 4. The van der Waals surface area contributed by atoms with Crippen LogP contribution in [0.25, 0.3) is 22.7 Å². The van der Waals surface area contributed by atoms with Crippen molar-refractivity contribution >= 4 is 17.3 Å². The smallest absolute Gasteiger partial charge is 0.243 e. The molecule has 0 fully saturated rings. The molecule has 0 saturated carbocycles. The fourth-order valence-electron chi connectivity index (χ4n) is 2.46. The molecular formula is C18H15N5OS. The quantitative estimate of drug-likeness (QED) is 0.582. The van der Waals surface area contributed by atoms with E-state index in [1.165, 1.54) is 0 Å². The minimum absolute atomic E-state index is 0.457. The lowest BCUT2D eigenvalue weighted by Gasteiger charge is -2.05. The van der Waals surface area contributed by atoms with E-state index in [9.17, 15) is 0 Å². The molecule has 124 valence electrons. The van der Waals surface area contributed by atoms with Crippen LogP contribution in [0, 0.1) is 6.92 Å². The van der Waals surface area contributed by atoms with Gasteiger partial charge in [-0.1, -0.05) is 30.3 Å². The van der Waals surface area contributed by atoms with Crippen molar-refractivity contribution in [3.05, 3.63) is 64.8 Å². The van der Waals surface area contributed by atoms with Gasteiger partial charge in [0.05, 0.1) is 28.8 Å². The summed E-state index contributed by atoms with van der Waals surface area (Å²) in [7, 11) is 0. The van der Waals surface area contributed by atoms with Crippen molar-refractivity contribution in [2.45, 2.75) is 13.5 Å². The van der Waals surface area contributed by atoms with Gasteiger partial charge in [0.2, 0.25) is 5.95 Å². The molecule has 7 heteroatoms. The number of furan rings is 1. The molecule has 0 unspecified atom stereocenters. The average molecular weight is 349 g/mol. The van der Waals surface area contributed by atoms with Gasteiger partial charge < -0.3 is 9.73 Å². The van der Waals surface area contributed by atoms with Crippen molar-refractivity contribution in [1.29, 1.82) is 0 Å². The van der Waals surface area contributed by atoms with Crippen LogP contribution >= 0.6 is 11.3 Å². The van der Waals surface area contributed by atoms with Crippen molar-refractivity contribution in [2.75, 3.05) is 5.32 Å². The zero-order chi connectivity index (χ0) is 17.1. The maximum atomic E-state index is 5.59. The standard InChI is InChI=1S/C18H15N5OS/c1-12-7-8-15(24-12)14-9-21-23-18(22-14)19-10-16-17(20-11-25-16)13-5-3-2-4-6-13/h2-9,11H,10H2,1H3,(H,19,22,23). The minimum Gasteiger partial charge on any atom is -0.460 e. The van der Waals surface area contributed by atoms with Gasteiger partial charge in [0.15, 0.2) is 5.76 Å². The number of nitrogens with one attached hydrogen (secondary N) is 1. The molecule has 0 aliphatic carbocycles. The second-order valence-corrected chi connectivity index (χ2v) is 6.36. The second-order valence-electron chi connectivity index (χ2n) is 5.42. The molecule has 4 aromatic rings. The van der Waals surface area contributed by atoms with Crippen LogP contribution < -0.4 is 5.32 Å².